The maximum absolute atomic E-state index is 12.5. The molecule has 1 aromatic rings. The standard InChI is InChI=1S/C9H15F3N4/c1-3-5-13-6-7-14-15-8(9(10,11)12)16(7)4-2/h13H,3-6H2,1-2H3. The van der Waals surface area contributed by atoms with Gasteiger partial charge in [-0.15, -0.1) is 10.2 Å². The molecule has 0 bridgehead atoms. The quantitative estimate of drug-likeness (QED) is 0.793. The molecule has 0 fully saturated rings. The van der Waals surface area contributed by atoms with E-state index in [1.165, 1.54) is 0 Å². The molecule has 0 spiro atoms. The highest BCUT2D eigenvalue weighted by atomic mass is 19.4. The second-order valence-corrected chi connectivity index (χ2v) is 3.36. The van der Waals surface area contributed by atoms with Gasteiger partial charge in [0.2, 0.25) is 5.82 Å². The molecule has 0 atom stereocenters. The molecule has 0 aliphatic carbocycles. The van der Waals surface area contributed by atoms with Crippen LogP contribution in [0.15, 0.2) is 0 Å². The summed E-state index contributed by atoms with van der Waals surface area (Å²) in [7, 11) is 0. The summed E-state index contributed by atoms with van der Waals surface area (Å²) in [6, 6.07) is 0. The van der Waals surface area contributed by atoms with Gasteiger partial charge < -0.3 is 9.88 Å². The fraction of sp³-hybridized carbons (Fsp3) is 0.778. The number of rotatable bonds is 5. The maximum atomic E-state index is 12.5. The fourth-order valence-electron chi connectivity index (χ4n) is 1.39. The van der Waals surface area contributed by atoms with Crippen molar-refractivity contribution < 1.29 is 13.2 Å². The predicted molar refractivity (Wildman–Crippen MR) is 52.7 cm³/mol. The number of nitrogens with zero attached hydrogens (tertiary/aromatic N) is 3. The number of alkyl halides is 3. The largest absolute Gasteiger partial charge is 0.451 e. The molecule has 16 heavy (non-hydrogen) atoms. The first kappa shape index (κ1) is 13.0. The number of hydrogen-bond donors (Lipinski definition) is 1. The lowest BCUT2D eigenvalue weighted by Gasteiger charge is -2.09. The van der Waals surface area contributed by atoms with Gasteiger partial charge in [-0.25, -0.2) is 0 Å². The zero-order valence-corrected chi connectivity index (χ0v) is 9.30. The van der Waals surface area contributed by atoms with Crippen LogP contribution in [0.5, 0.6) is 0 Å². The van der Waals surface area contributed by atoms with Crippen molar-refractivity contribution in [1.82, 2.24) is 20.1 Å². The van der Waals surface area contributed by atoms with Gasteiger partial charge in [-0.2, -0.15) is 13.2 Å². The van der Waals surface area contributed by atoms with E-state index < -0.39 is 12.0 Å². The molecule has 0 radical (unpaired) electrons. The molecule has 0 saturated carbocycles. The Hall–Kier alpha value is -1.11. The molecule has 1 heterocycles. The van der Waals surface area contributed by atoms with Gasteiger partial charge in [-0.05, 0) is 19.9 Å². The van der Waals surface area contributed by atoms with Gasteiger partial charge in [0.15, 0.2) is 0 Å². The SMILES string of the molecule is CCCNCc1nnc(C(F)(F)F)n1CC. The van der Waals surface area contributed by atoms with Gasteiger partial charge in [0, 0.05) is 6.54 Å². The third-order valence-electron chi connectivity index (χ3n) is 2.11. The molecule has 0 saturated heterocycles. The molecular formula is C9H15F3N4. The van der Waals surface area contributed by atoms with Gasteiger partial charge in [-0.3, -0.25) is 0 Å². The van der Waals surface area contributed by atoms with E-state index in [1.54, 1.807) is 6.92 Å². The minimum absolute atomic E-state index is 0.213. The summed E-state index contributed by atoms with van der Waals surface area (Å²) in [6.45, 7) is 4.90. The lowest BCUT2D eigenvalue weighted by molar-refractivity contribution is -0.147. The highest BCUT2D eigenvalue weighted by Gasteiger charge is 2.37. The summed E-state index contributed by atoms with van der Waals surface area (Å²) < 4.78 is 38.6. The average Bonchev–Trinajstić information content (AvgIpc) is 2.60. The molecule has 1 N–H and O–H groups in total. The van der Waals surface area contributed by atoms with Gasteiger partial charge in [0.05, 0.1) is 6.54 Å². The Kier molecular flexibility index (Phi) is 4.28. The van der Waals surface area contributed by atoms with Crippen molar-refractivity contribution in [1.29, 1.82) is 0 Å². The van der Waals surface area contributed by atoms with Crippen LogP contribution in [0.3, 0.4) is 0 Å². The first-order valence-electron chi connectivity index (χ1n) is 5.20. The summed E-state index contributed by atoms with van der Waals surface area (Å²) in [4.78, 5) is 0. The van der Waals surface area contributed by atoms with Crippen molar-refractivity contribution in [2.45, 2.75) is 39.5 Å². The molecule has 0 aliphatic rings. The van der Waals surface area contributed by atoms with E-state index in [-0.39, 0.29) is 6.54 Å². The lowest BCUT2D eigenvalue weighted by atomic mass is 10.4. The van der Waals surface area contributed by atoms with Gasteiger partial charge in [-0.1, -0.05) is 6.92 Å². The summed E-state index contributed by atoms with van der Waals surface area (Å²) in [5, 5.41) is 9.74. The minimum Gasteiger partial charge on any atom is -0.310 e. The zero-order chi connectivity index (χ0) is 12.2. The monoisotopic (exact) mass is 236 g/mol. The third kappa shape index (κ3) is 2.94. The molecule has 0 amide bonds. The lowest BCUT2D eigenvalue weighted by Crippen LogP contribution is -2.20. The fourth-order valence-corrected chi connectivity index (χ4v) is 1.39. The van der Waals surface area contributed by atoms with Crippen molar-refractivity contribution >= 4 is 0 Å². The number of hydrogen-bond acceptors (Lipinski definition) is 3. The van der Waals surface area contributed by atoms with E-state index in [0.29, 0.717) is 12.4 Å². The zero-order valence-electron chi connectivity index (χ0n) is 9.30. The Labute approximate surface area is 91.9 Å². The van der Waals surface area contributed by atoms with Crippen LogP contribution in [0.4, 0.5) is 13.2 Å². The number of aromatic nitrogens is 3. The maximum Gasteiger partial charge on any atom is 0.451 e. The van der Waals surface area contributed by atoms with E-state index in [4.69, 9.17) is 0 Å². The second-order valence-electron chi connectivity index (χ2n) is 3.36. The molecule has 92 valence electrons. The van der Waals surface area contributed by atoms with Crippen molar-refractivity contribution in [3.63, 3.8) is 0 Å². The van der Waals surface area contributed by atoms with E-state index in [0.717, 1.165) is 17.5 Å². The number of nitrogens with one attached hydrogen (secondary N) is 1. The topological polar surface area (TPSA) is 42.7 Å². The highest BCUT2D eigenvalue weighted by Crippen LogP contribution is 2.27. The van der Waals surface area contributed by atoms with Crippen LogP contribution in [-0.4, -0.2) is 21.3 Å². The Morgan fingerprint density at radius 2 is 1.94 bits per heavy atom. The first-order chi connectivity index (χ1) is 7.50. The molecule has 0 unspecified atom stereocenters. The molecule has 1 rings (SSSR count). The normalized spacial score (nSPS) is 12.1. The van der Waals surface area contributed by atoms with Gasteiger partial charge >= 0.3 is 6.18 Å². The summed E-state index contributed by atoms with van der Waals surface area (Å²) in [6.07, 6.45) is -3.52. The van der Waals surface area contributed by atoms with Crippen LogP contribution in [-0.2, 0) is 19.3 Å². The smallest absolute Gasteiger partial charge is 0.310 e. The third-order valence-corrected chi connectivity index (χ3v) is 2.11. The minimum atomic E-state index is -4.44. The summed E-state index contributed by atoms with van der Waals surface area (Å²) in [5.74, 6) is -0.605. The summed E-state index contributed by atoms with van der Waals surface area (Å²) in [5.41, 5.74) is 0. The second kappa shape index (κ2) is 5.29. The number of halogens is 3. The van der Waals surface area contributed by atoms with Crippen molar-refractivity contribution in [2.24, 2.45) is 0 Å². The molecule has 0 aliphatic heterocycles. The Balaban J connectivity index is 2.83. The molecule has 7 heteroatoms. The Bertz CT molecular complexity index is 332. The predicted octanol–water partition coefficient (Wildman–Crippen LogP) is 1.82. The Morgan fingerprint density at radius 1 is 1.25 bits per heavy atom. The van der Waals surface area contributed by atoms with E-state index in [1.807, 2.05) is 6.92 Å². The highest BCUT2D eigenvalue weighted by molar-refractivity contribution is 4.99. The van der Waals surface area contributed by atoms with Crippen LogP contribution in [0.2, 0.25) is 0 Å². The van der Waals surface area contributed by atoms with Crippen molar-refractivity contribution in [2.75, 3.05) is 6.54 Å². The average molecular weight is 236 g/mol. The molecule has 1 aromatic heterocycles. The van der Waals surface area contributed by atoms with Crippen molar-refractivity contribution in [3.8, 4) is 0 Å². The molecular weight excluding hydrogens is 221 g/mol. The van der Waals surface area contributed by atoms with E-state index in [2.05, 4.69) is 15.5 Å². The molecule has 0 aromatic carbocycles. The van der Waals surface area contributed by atoms with Crippen LogP contribution in [0, 0.1) is 0 Å². The van der Waals surface area contributed by atoms with E-state index >= 15 is 0 Å². The Morgan fingerprint density at radius 3 is 2.44 bits per heavy atom. The van der Waals surface area contributed by atoms with Crippen LogP contribution in [0.25, 0.3) is 0 Å². The molecule has 4 nitrogen and oxygen atoms in total. The van der Waals surface area contributed by atoms with Gasteiger partial charge in [0.25, 0.3) is 0 Å². The van der Waals surface area contributed by atoms with Crippen LogP contribution in [0.1, 0.15) is 31.9 Å². The van der Waals surface area contributed by atoms with Gasteiger partial charge in [0.1, 0.15) is 5.82 Å². The first-order valence-corrected chi connectivity index (χ1v) is 5.20. The van der Waals surface area contributed by atoms with Crippen LogP contribution >= 0.6 is 0 Å². The van der Waals surface area contributed by atoms with Crippen molar-refractivity contribution in [3.05, 3.63) is 11.6 Å². The van der Waals surface area contributed by atoms with Crippen LogP contribution < -0.4 is 5.32 Å². The van der Waals surface area contributed by atoms with E-state index in [9.17, 15) is 13.2 Å². The summed E-state index contributed by atoms with van der Waals surface area (Å²) >= 11 is 0.